The second-order valence-electron chi connectivity index (χ2n) is 4.71. The van der Waals surface area contributed by atoms with Crippen LogP contribution in [0.2, 0.25) is 5.02 Å². The SMILES string of the molecule is COc1ccccc1OCCNC(=O)COc1ccc(Br)cc1Cl. The van der Waals surface area contributed by atoms with Gasteiger partial charge in [0.05, 0.1) is 18.7 Å². The molecule has 1 amide bonds. The molecular formula is C17H17BrClNO4. The Labute approximate surface area is 154 Å². The molecule has 0 radical (unpaired) electrons. The van der Waals surface area contributed by atoms with Crippen molar-refractivity contribution in [1.29, 1.82) is 0 Å². The lowest BCUT2D eigenvalue weighted by molar-refractivity contribution is -0.123. The summed E-state index contributed by atoms with van der Waals surface area (Å²) in [4.78, 5) is 11.8. The van der Waals surface area contributed by atoms with E-state index < -0.39 is 0 Å². The molecule has 128 valence electrons. The maximum absolute atomic E-state index is 11.8. The van der Waals surface area contributed by atoms with Gasteiger partial charge in [-0.15, -0.1) is 0 Å². The second-order valence-corrected chi connectivity index (χ2v) is 6.04. The van der Waals surface area contributed by atoms with Crippen molar-refractivity contribution in [3.05, 3.63) is 52.0 Å². The molecule has 5 nitrogen and oxygen atoms in total. The Morgan fingerprint density at radius 1 is 1.12 bits per heavy atom. The smallest absolute Gasteiger partial charge is 0.258 e. The topological polar surface area (TPSA) is 56.8 Å². The van der Waals surface area contributed by atoms with Crippen LogP contribution in [0.1, 0.15) is 0 Å². The summed E-state index contributed by atoms with van der Waals surface area (Å²) in [5.74, 6) is 1.49. The Hall–Kier alpha value is -1.92. The number of amides is 1. The quantitative estimate of drug-likeness (QED) is 0.670. The number of hydrogen-bond acceptors (Lipinski definition) is 4. The van der Waals surface area contributed by atoms with E-state index in [0.717, 1.165) is 4.47 Å². The van der Waals surface area contributed by atoms with Crippen molar-refractivity contribution in [3.63, 3.8) is 0 Å². The first-order valence-corrected chi connectivity index (χ1v) is 8.37. The molecule has 2 aromatic carbocycles. The number of nitrogens with one attached hydrogen (secondary N) is 1. The van der Waals surface area contributed by atoms with Crippen LogP contribution in [0.4, 0.5) is 0 Å². The second kappa shape index (κ2) is 9.39. The minimum absolute atomic E-state index is 0.115. The third-order valence-electron chi connectivity index (χ3n) is 3.00. The van der Waals surface area contributed by atoms with Crippen LogP contribution in [0.5, 0.6) is 17.2 Å². The summed E-state index contributed by atoms with van der Waals surface area (Å²) in [5.41, 5.74) is 0. The van der Waals surface area contributed by atoms with E-state index in [-0.39, 0.29) is 12.5 Å². The molecule has 0 aliphatic rings. The van der Waals surface area contributed by atoms with E-state index in [2.05, 4.69) is 21.2 Å². The summed E-state index contributed by atoms with van der Waals surface area (Å²) in [5, 5.41) is 3.15. The molecule has 0 aromatic heterocycles. The molecule has 7 heteroatoms. The van der Waals surface area contributed by atoms with Gasteiger partial charge in [0.15, 0.2) is 18.1 Å². The predicted molar refractivity (Wildman–Crippen MR) is 96.1 cm³/mol. The molecule has 0 aliphatic heterocycles. The summed E-state index contributed by atoms with van der Waals surface area (Å²) < 4.78 is 17.0. The minimum Gasteiger partial charge on any atom is -0.493 e. The van der Waals surface area contributed by atoms with E-state index in [9.17, 15) is 4.79 Å². The zero-order valence-electron chi connectivity index (χ0n) is 13.1. The van der Waals surface area contributed by atoms with Crippen LogP contribution in [0.25, 0.3) is 0 Å². The summed E-state index contributed by atoms with van der Waals surface area (Å²) in [6.45, 7) is 0.565. The first-order valence-electron chi connectivity index (χ1n) is 7.20. The van der Waals surface area contributed by atoms with E-state index in [4.69, 9.17) is 25.8 Å². The average Bonchev–Trinajstić information content (AvgIpc) is 2.58. The van der Waals surface area contributed by atoms with Crippen LogP contribution in [0.3, 0.4) is 0 Å². The van der Waals surface area contributed by atoms with Gasteiger partial charge in [-0.3, -0.25) is 4.79 Å². The molecule has 2 aromatic rings. The number of methoxy groups -OCH3 is 1. The van der Waals surface area contributed by atoms with Gasteiger partial charge < -0.3 is 19.5 Å². The maximum atomic E-state index is 11.8. The van der Waals surface area contributed by atoms with Crippen molar-refractivity contribution < 1.29 is 19.0 Å². The summed E-state index contributed by atoms with van der Waals surface area (Å²) in [7, 11) is 1.58. The standard InChI is InChI=1S/C17H17BrClNO4/c1-22-15-4-2-3-5-16(15)23-9-8-20-17(21)11-24-14-7-6-12(18)10-13(14)19/h2-7,10H,8-9,11H2,1H3,(H,20,21). The molecule has 0 saturated heterocycles. The van der Waals surface area contributed by atoms with Crippen molar-refractivity contribution in [2.24, 2.45) is 0 Å². The molecule has 0 fully saturated rings. The zero-order valence-corrected chi connectivity index (χ0v) is 15.4. The van der Waals surface area contributed by atoms with Gasteiger partial charge in [-0.1, -0.05) is 39.7 Å². The van der Waals surface area contributed by atoms with Gasteiger partial charge in [-0.25, -0.2) is 0 Å². The Bertz CT molecular complexity index is 696. The number of para-hydroxylation sites is 2. The van der Waals surface area contributed by atoms with Crippen molar-refractivity contribution in [2.75, 3.05) is 26.9 Å². The van der Waals surface area contributed by atoms with Gasteiger partial charge >= 0.3 is 0 Å². The van der Waals surface area contributed by atoms with Gasteiger partial charge in [0.1, 0.15) is 12.4 Å². The highest BCUT2D eigenvalue weighted by Gasteiger charge is 2.07. The fourth-order valence-electron chi connectivity index (χ4n) is 1.88. The molecule has 0 aliphatic carbocycles. The molecule has 0 atom stereocenters. The Kier molecular flexibility index (Phi) is 7.21. The molecule has 0 spiro atoms. The average molecular weight is 415 g/mol. The molecular weight excluding hydrogens is 398 g/mol. The molecule has 0 heterocycles. The Morgan fingerprint density at radius 2 is 1.88 bits per heavy atom. The monoisotopic (exact) mass is 413 g/mol. The third-order valence-corrected chi connectivity index (χ3v) is 3.79. The van der Waals surface area contributed by atoms with E-state index in [1.54, 1.807) is 31.4 Å². The lowest BCUT2D eigenvalue weighted by Crippen LogP contribution is -2.32. The van der Waals surface area contributed by atoms with Crippen LogP contribution < -0.4 is 19.5 Å². The highest BCUT2D eigenvalue weighted by molar-refractivity contribution is 9.10. The number of benzene rings is 2. The first kappa shape index (κ1) is 18.4. The number of carbonyl (C=O) groups is 1. The molecule has 0 unspecified atom stereocenters. The van der Waals surface area contributed by atoms with Crippen molar-refractivity contribution in [1.82, 2.24) is 5.32 Å². The maximum Gasteiger partial charge on any atom is 0.258 e. The minimum atomic E-state index is -0.252. The predicted octanol–water partition coefficient (Wildman–Crippen LogP) is 3.69. The lowest BCUT2D eigenvalue weighted by Gasteiger charge is -2.11. The van der Waals surface area contributed by atoms with Crippen molar-refractivity contribution in [3.8, 4) is 17.2 Å². The van der Waals surface area contributed by atoms with Gasteiger partial charge in [0.2, 0.25) is 0 Å². The van der Waals surface area contributed by atoms with Crippen LogP contribution in [-0.2, 0) is 4.79 Å². The van der Waals surface area contributed by atoms with Crippen molar-refractivity contribution in [2.45, 2.75) is 0 Å². The Balaban J connectivity index is 1.70. The summed E-state index contributed by atoms with van der Waals surface area (Å²) in [6, 6.07) is 12.5. The molecule has 1 N–H and O–H groups in total. The Morgan fingerprint density at radius 3 is 2.58 bits per heavy atom. The fourth-order valence-corrected chi connectivity index (χ4v) is 2.60. The summed E-state index contributed by atoms with van der Waals surface area (Å²) >= 11 is 9.32. The fraction of sp³-hybridized carbons (Fsp3) is 0.235. The van der Waals surface area contributed by atoms with E-state index >= 15 is 0 Å². The number of ether oxygens (including phenoxy) is 3. The highest BCUT2D eigenvalue weighted by atomic mass is 79.9. The first-order chi connectivity index (χ1) is 11.6. The van der Waals surface area contributed by atoms with Gasteiger partial charge in [-0.2, -0.15) is 0 Å². The summed E-state index contributed by atoms with van der Waals surface area (Å²) in [6.07, 6.45) is 0. The number of hydrogen-bond donors (Lipinski definition) is 1. The van der Waals surface area contributed by atoms with Gasteiger partial charge in [-0.05, 0) is 30.3 Å². The van der Waals surface area contributed by atoms with Crippen molar-refractivity contribution >= 4 is 33.4 Å². The van der Waals surface area contributed by atoms with E-state index in [1.807, 2.05) is 18.2 Å². The molecule has 0 bridgehead atoms. The third kappa shape index (κ3) is 5.62. The van der Waals surface area contributed by atoms with Gasteiger partial charge in [0.25, 0.3) is 5.91 Å². The lowest BCUT2D eigenvalue weighted by atomic mass is 10.3. The zero-order chi connectivity index (χ0) is 17.4. The van der Waals surface area contributed by atoms with Crippen LogP contribution >= 0.6 is 27.5 Å². The van der Waals surface area contributed by atoms with E-state index in [0.29, 0.717) is 35.4 Å². The largest absolute Gasteiger partial charge is 0.493 e. The van der Waals surface area contributed by atoms with Gasteiger partial charge in [0, 0.05) is 4.47 Å². The van der Waals surface area contributed by atoms with Crippen LogP contribution in [0, 0.1) is 0 Å². The highest BCUT2D eigenvalue weighted by Crippen LogP contribution is 2.27. The number of halogens is 2. The molecule has 2 rings (SSSR count). The van der Waals surface area contributed by atoms with Crippen LogP contribution in [0.15, 0.2) is 46.9 Å². The normalized spacial score (nSPS) is 10.1. The van der Waals surface area contributed by atoms with E-state index in [1.165, 1.54) is 0 Å². The molecule has 24 heavy (non-hydrogen) atoms. The molecule has 0 saturated carbocycles. The number of carbonyl (C=O) groups excluding carboxylic acids is 1. The van der Waals surface area contributed by atoms with Crippen LogP contribution in [-0.4, -0.2) is 32.8 Å². The number of rotatable bonds is 8.